The van der Waals surface area contributed by atoms with E-state index < -0.39 is 34.3 Å². The number of anilines is 1. The molecule has 0 bridgehead atoms. The third-order valence-electron chi connectivity index (χ3n) is 8.29. The lowest BCUT2D eigenvalue weighted by Gasteiger charge is -2.34. The van der Waals surface area contributed by atoms with Crippen LogP contribution in [0.1, 0.15) is 42.4 Å². The van der Waals surface area contributed by atoms with Gasteiger partial charge in [-0.3, -0.25) is 13.9 Å². The van der Waals surface area contributed by atoms with E-state index >= 15 is 4.39 Å². The fourth-order valence-corrected chi connectivity index (χ4v) is 7.69. The maximum absolute atomic E-state index is 15.1. The summed E-state index contributed by atoms with van der Waals surface area (Å²) in [5, 5.41) is 3.45. The fourth-order valence-electron chi connectivity index (χ4n) is 5.78. The summed E-state index contributed by atoms with van der Waals surface area (Å²) in [6, 6.07) is 24.6. The molecule has 2 amide bonds. The summed E-state index contributed by atoms with van der Waals surface area (Å²) in [5.74, 6) is -1.64. The van der Waals surface area contributed by atoms with Crippen molar-refractivity contribution < 1.29 is 22.4 Å². The van der Waals surface area contributed by atoms with Crippen molar-refractivity contribution in [3.63, 3.8) is 0 Å². The van der Waals surface area contributed by atoms with Gasteiger partial charge in [0.1, 0.15) is 18.4 Å². The van der Waals surface area contributed by atoms with Crippen LogP contribution in [0.5, 0.6) is 0 Å². The fraction of sp³-hybridized carbons (Fsp3) is 0.278. The van der Waals surface area contributed by atoms with Gasteiger partial charge in [0.15, 0.2) is 0 Å². The molecule has 1 aliphatic carbocycles. The van der Waals surface area contributed by atoms with E-state index in [0.717, 1.165) is 41.1 Å². The number of hydrogen-bond acceptors (Lipinski definition) is 4. The Kier molecular flexibility index (Phi) is 11.2. The highest BCUT2D eigenvalue weighted by atomic mass is 35.5. The second-order valence-corrected chi connectivity index (χ2v) is 14.5. The summed E-state index contributed by atoms with van der Waals surface area (Å²) < 4.78 is 44.4. The monoisotopic (exact) mass is 695 g/mol. The summed E-state index contributed by atoms with van der Waals surface area (Å²) in [7, 11) is -4.34. The Morgan fingerprint density at radius 3 is 2.15 bits per heavy atom. The van der Waals surface area contributed by atoms with Crippen molar-refractivity contribution in [3.8, 4) is 0 Å². The molecule has 5 rings (SSSR count). The van der Waals surface area contributed by atoms with Crippen molar-refractivity contribution >= 4 is 50.7 Å². The first kappa shape index (κ1) is 34.4. The highest BCUT2D eigenvalue weighted by molar-refractivity contribution is 7.92. The van der Waals surface area contributed by atoms with E-state index in [4.69, 9.17) is 23.2 Å². The first-order valence-corrected chi connectivity index (χ1v) is 17.6. The number of nitrogens with one attached hydrogen (secondary N) is 1. The SMILES string of the molecule is Cc1ccc(S(=O)(=O)N(CC(=O)N(Cc2ccccc2F)[C@@H](Cc2ccccc2)C(=O)NC2CCCC2)c2cc(Cl)cc(Cl)c2)cc1. The van der Waals surface area contributed by atoms with Gasteiger partial charge in [0.05, 0.1) is 10.6 Å². The van der Waals surface area contributed by atoms with Crippen LogP contribution in [0.4, 0.5) is 10.1 Å². The van der Waals surface area contributed by atoms with Crippen molar-refractivity contribution in [1.82, 2.24) is 10.2 Å². The Labute approximate surface area is 285 Å². The highest BCUT2D eigenvalue weighted by Gasteiger charge is 2.36. The second kappa shape index (κ2) is 15.3. The van der Waals surface area contributed by atoms with Crippen molar-refractivity contribution in [2.45, 2.75) is 62.6 Å². The lowest BCUT2D eigenvalue weighted by molar-refractivity contribution is -0.140. The molecule has 0 aromatic heterocycles. The van der Waals surface area contributed by atoms with Crippen LogP contribution in [-0.2, 0) is 32.6 Å². The number of rotatable bonds is 12. The van der Waals surface area contributed by atoms with Crippen molar-refractivity contribution in [1.29, 1.82) is 0 Å². The zero-order chi connectivity index (χ0) is 33.6. The zero-order valence-corrected chi connectivity index (χ0v) is 28.2. The van der Waals surface area contributed by atoms with Crippen molar-refractivity contribution in [3.05, 3.63) is 130 Å². The predicted octanol–water partition coefficient (Wildman–Crippen LogP) is 7.34. The quantitative estimate of drug-likeness (QED) is 0.168. The van der Waals surface area contributed by atoms with Crippen LogP contribution in [0.3, 0.4) is 0 Å². The van der Waals surface area contributed by atoms with Crippen LogP contribution in [0.2, 0.25) is 10.0 Å². The van der Waals surface area contributed by atoms with Crippen molar-refractivity contribution in [2.24, 2.45) is 0 Å². The Balaban J connectivity index is 1.59. The first-order chi connectivity index (χ1) is 22.5. The number of sulfonamides is 1. The topological polar surface area (TPSA) is 86.8 Å². The minimum absolute atomic E-state index is 0.0433. The third-order valence-corrected chi connectivity index (χ3v) is 10.5. The average molecular weight is 697 g/mol. The van der Waals surface area contributed by atoms with E-state index in [1.54, 1.807) is 24.3 Å². The van der Waals surface area contributed by atoms with Crippen molar-refractivity contribution in [2.75, 3.05) is 10.8 Å². The molecule has 11 heteroatoms. The molecule has 1 fully saturated rings. The molecule has 0 spiro atoms. The molecular weight excluding hydrogens is 660 g/mol. The number of carbonyl (C=O) groups excluding carboxylic acids is 2. The predicted molar refractivity (Wildman–Crippen MR) is 183 cm³/mol. The minimum Gasteiger partial charge on any atom is -0.352 e. The molecule has 246 valence electrons. The van der Waals surface area contributed by atoms with Crippen LogP contribution in [0.25, 0.3) is 0 Å². The number of aryl methyl sites for hydroxylation is 1. The molecule has 4 aromatic carbocycles. The van der Waals surface area contributed by atoms with Crippen LogP contribution in [0, 0.1) is 12.7 Å². The standard InChI is InChI=1S/C36H36Cl2FN3O4S/c1-25-15-17-32(18-16-25)47(45,46)42(31-21-28(37)20-29(38)22-31)24-35(43)41(23-27-11-5-8-14-33(27)39)34(19-26-9-3-2-4-10-26)36(44)40-30-12-6-7-13-30/h2-5,8-11,14-18,20-22,30,34H,6-7,12-13,19,23-24H2,1H3,(H,40,44)/t34-/m0/s1. The number of nitrogens with zero attached hydrogens (tertiary/aromatic N) is 2. The first-order valence-electron chi connectivity index (χ1n) is 15.4. The number of benzene rings is 4. The molecule has 7 nitrogen and oxygen atoms in total. The smallest absolute Gasteiger partial charge is 0.264 e. The Hall–Kier alpha value is -3.92. The molecule has 1 saturated carbocycles. The number of hydrogen-bond donors (Lipinski definition) is 1. The molecule has 1 N–H and O–H groups in total. The highest BCUT2D eigenvalue weighted by Crippen LogP contribution is 2.31. The van der Waals surface area contributed by atoms with E-state index in [-0.39, 0.29) is 51.1 Å². The lowest BCUT2D eigenvalue weighted by Crippen LogP contribution is -2.54. The molecule has 0 unspecified atom stereocenters. The van der Waals surface area contributed by atoms with Crippen LogP contribution in [0.15, 0.2) is 102 Å². The maximum atomic E-state index is 15.1. The van der Waals surface area contributed by atoms with E-state index in [1.807, 2.05) is 37.3 Å². The van der Waals surface area contributed by atoms with Gasteiger partial charge in [0.25, 0.3) is 10.0 Å². The largest absolute Gasteiger partial charge is 0.352 e. The summed E-state index contributed by atoms with van der Waals surface area (Å²) in [6.45, 7) is 0.859. The van der Waals surface area contributed by atoms with Crippen LogP contribution >= 0.6 is 23.2 Å². The average Bonchev–Trinajstić information content (AvgIpc) is 3.55. The molecule has 1 aliphatic rings. The molecule has 47 heavy (non-hydrogen) atoms. The Morgan fingerprint density at radius 1 is 0.894 bits per heavy atom. The van der Waals surface area contributed by atoms with Gasteiger partial charge >= 0.3 is 0 Å². The maximum Gasteiger partial charge on any atom is 0.264 e. The molecule has 4 aromatic rings. The van der Waals surface area contributed by atoms with Gasteiger partial charge in [-0.05, 0) is 61.7 Å². The molecule has 0 aliphatic heterocycles. The lowest BCUT2D eigenvalue weighted by atomic mass is 10.0. The number of halogens is 3. The van der Waals surface area contributed by atoms with Gasteiger partial charge in [-0.25, -0.2) is 12.8 Å². The zero-order valence-electron chi connectivity index (χ0n) is 25.9. The number of carbonyl (C=O) groups is 2. The second-order valence-electron chi connectivity index (χ2n) is 11.8. The van der Waals surface area contributed by atoms with Gasteiger partial charge in [0, 0.05) is 34.6 Å². The molecule has 0 heterocycles. The summed E-state index contributed by atoms with van der Waals surface area (Å²) in [6.07, 6.45) is 3.75. The van der Waals surface area contributed by atoms with E-state index in [9.17, 15) is 18.0 Å². The summed E-state index contributed by atoms with van der Waals surface area (Å²) >= 11 is 12.6. The van der Waals surface area contributed by atoms with Gasteiger partial charge in [-0.1, -0.05) is 102 Å². The summed E-state index contributed by atoms with van der Waals surface area (Å²) in [5.41, 5.74) is 1.89. The molecule has 0 radical (unpaired) electrons. The minimum atomic E-state index is -4.34. The third kappa shape index (κ3) is 8.71. The van der Waals surface area contributed by atoms with Crippen LogP contribution < -0.4 is 9.62 Å². The molecule has 0 saturated heterocycles. The number of amides is 2. The van der Waals surface area contributed by atoms with Gasteiger partial charge < -0.3 is 10.2 Å². The Bertz CT molecular complexity index is 1800. The van der Waals surface area contributed by atoms with E-state index in [1.165, 1.54) is 47.4 Å². The Morgan fingerprint density at radius 2 is 1.51 bits per heavy atom. The molecule has 1 atom stereocenters. The molecular formula is C36H36Cl2FN3O4S. The van der Waals surface area contributed by atoms with E-state index in [2.05, 4.69) is 5.32 Å². The van der Waals surface area contributed by atoms with Gasteiger partial charge in [-0.2, -0.15) is 0 Å². The normalized spacial score (nSPS) is 14.0. The van der Waals surface area contributed by atoms with Gasteiger partial charge in [-0.15, -0.1) is 0 Å². The van der Waals surface area contributed by atoms with E-state index in [0.29, 0.717) is 0 Å². The summed E-state index contributed by atoms with van der Waals surface area (Å²) in [4.78, 5) is 29.9. The van der Waals surface area contributed by atoms with Crippen LogP contribution in [-0.4, -0.2) is 43.8 Å². The van der Waals surface area contributed by atoms with Gasteiger partial charge in [0.2, 0.25) is 11.8 Å².